The quantitative estimate of drug-likeness (QED) is 0.402. The van der Waals surface area contributed by atoms with E-state index >= 15 is 0 Å². The van der Waals surface area contributed by atoms with E-state index < -0.39 is 6.04 Å². The molecular formula is C27H29ClN2O2S. The number of carbonyl (C=O) groups excluding carboxylic acids is 2. The number of amides is 2. The van der Waals surface area contributed by atoms with Crippen molar-refractivity contribution in [3.8, 4) is 0 Å². The zero-order valence-electron chi connectivity index (χ0n) is 18.7. The van der Waals surface area contributed by atoms with Crippen LogP contribution >= 0.6 is 23.4 Å². The Morgan fingerprint density at radius 2 is 1.52 bits per heavy atom. The maximum absolute atomic E-state index is 13.5. The highest BCUT2D eigenvalue weighted by atomic mass is 35.5. The highest BCUT2D eigenvalue weighted by molar-refractivity contribution is 7.99. The topological polar surface area (TPSA) is 49.4 Å². The molecule has 0 aromatic heterocycles. The number of hydrogen-bond donors (Lipinski definition) is 1. The molecule has 1 N–H and O–H groups in total. The number of hydrogen-bond acceptors (Lipinski definition) is 3. The van der Waals surface area contributed by atoms with Crippen LogP contribution < -0.4 is 5.32 Å². The van der Waals surface area contributed by atoms with E-state index in [0.29, 0.717) is 18.0 Å². The first-order chi connectivity index (χ1) is 16.1. The van der Waals surface area contributed by atoms with Gasteiger partial charge in [0.15, 0.2) is 0 Å². The Bertz CT molecular complexity index is 1030. The monoisotopic (exact) mass is 480 g/mol. The van der Waals surface area contributed by atoms with Crippen molar-refractivity contribution in [3.05, 3.63) is 107 Å². The first-order valence-electron chi connectivity index (χ1n) is 11.0. The van der Waals surface area contributed by atoms with Crippen LogP contribution in [0.25, 0.3) is 0 Å². The van der Waals surface area contributed by atoms with Crippen molar-refractivity contribution < 1.29 is 9.59 Å². The van der Waals surface area contributed by atoms with Crippen LogP contribution in [0.2, 0.25) is 5.02 Å². The predicted octanol–water partition coefficient (Wildman–Crippen LogP) is 5.35. The Morgan fingerprint density at radius 3 is 2.15 bits per heavy atom. The fraction of sp³-hybridized carbons (Fsp3) is 0.259. The van der Waals surface area contributed by atoms with E-state index in [1.54, 1.807) is 16.7 Å². The summed E-state index contributed by atoms with van der Waals surface area (Å²) in [6.07, 6.45) is 0.437. The number of carbonyl (C=O) groups is 2. The molecule has 0 spiro atoms. The summed E-state index contributed by atoms with van der Waals surface area (Å²) in [4.78, 5) is 28.3. The minimum absolute atomic E-state index is 0.0805. The Kier molecular flexibility index (Phi) is 9.85. The van der Waals surface area contributed by atoms with Crippen LogP contribution in [0.3, 0.4) is 0 Å². The SMILES string of the molecule is CCNC(=O)[C@@H](Cc1ccccc1)N(Cc1ccccc1Cl)C(=O)CSCc1ccccc1. The molecule has 0 radical (unpaired) electrons. The lowest BCUT2D eigenvalue weighted by atomic mass is 10.0. The molecule has 1 atom stereocenters. The molecule has 0 heterocycles. The number of thioether (sulfide) groups is 1. The van der Waals surface area contributed by atoms with Crippen molar-refractivity contribution in [2.24, 2.45) is 0 Å². The Hall–Kier alpha value is -2.76. The van der Waals surface area contributed by atoms with Gasteiger partial charge in [-0.05, 0) is 29.7 Å². The highest BCUT2D eigenvalue weighted by Gasteiger charge is 2.30. The fourth-order valence-electron chi connectivity index (χ4n) is 3.57. The van der Waals surface area contributed by atoms with Gasteiger partial charge < -0.3 is 10.2 Å². The summed E-state index contributed by atoms with van der Waals surface area (Å²) in [5.74, 6) is 0.777. The maximum Gasteiger partial charge on any atom is 0.243 e. The van der Waals surface area contributed by atoms with Crippen molar-refractivity contribution in [1.29, 1.82) is 0 Å². The zero-order chi connectivity index (χ0) is 23.5. The van der Waals surface area contributed by atoms with Gasteiger partial charge in [0.1, 0.15) is 6.04 Å². The van der Waals surface area contributed by atoms with Crippen LogP contribution in [-0.4, -0.2) is 35.1 Å². The summed E-state index contributed by atoms with van der Waals surface area (Å²) < 4.78 is 0. The second-order valence-electron chi connectivity index (χ2n) is 7.69. The number of benzene rings is 3. The molecule has 0 unspecified atom stereocenters. The van der Waals surface area contributed by atoms with Crippen molar-refractivity contribution in [2.45, 2.75) is 31.7 Å². The van der Waals surface area contributed by atoms with Crippen molar-refractivity contribution >= 4 is 35.2 Å². The number of nitrogens with zero attached hydrogens (tertiary/aromatic N) is 1. The van der Waals surface area contributed by atoms with E-state index in [2.05, 4.69) is 5.32 Å². The first kappa shape index (κ1) is 24.9. The zero-order valence-corrected chi connectivity index (χ0v) is 20.3. The standard InChI is InChI=1S/C27H29ClN2O2S/c1-2-29-27(32)25(17-21-11-5-3-6-12-21)30(18-23-15-9-10-16-24(23)28)26(31)20-33-19-22-13-7-4-8-14-22/h3-16,25H,2,17-20H2,1H3,(H,29,32)/t25-/m1/s1. The van der Waals surface area contributed by atoms with Crippen LogP contribution in [0, 0.1) is 0 Å². The smallest absolute Gasteiger partial charge is 0.243 e. The van der Waals surface area contributed by atoms with Crippen LogP contribution in [0.4, 0.5) is 0 Å². The highest BCUT2D eigenvalue weighted by Crippen LogP contribution is 2.22. The van der Waals surface area contributed by atoms with Gasteiger partial charge in [-0.15, -0.1) is 11.8 Å². The molecule has 3 aromatic rings. The summed E-state index contributed by atoms with van der Waals surface area (Å²) in [6, 6.07) is 26.7. The minimum Gasteiger partial charge on any atom is -0.355 e. The van der Waals surface area contributed by atoms with Crippen LogP contribution in [0.5, 0.6) is 0 Å². The normalized spacial score (nSPS) is 11.6. The summed E-state index contributed by atoms with van der Waals surface area (Å²) in [5.41, 5.74) is 2.99. The van der Waals surface area contributed by atoms with E-state index in [0.717, 1.165) is 22.4 Å². The number of halogens is 1. The molecule has 3 rings (SSSR count). The first-order valence-corrected chi connectivity index (χ1v) is 12.6. The van der Waals surface area contributed by atoms with Crippen molar-refractivity contribution in [2.75, 3.05) is 12.3 Å². The third-order valence-corrected chi connectivity index (χ3v) is 6.61. The third kappa shape index (κ3) is 7.65. The predicted molar refractivity (Wildman–Crippen MR) is 137 cm³/mol. The largest absolute Gasteiger partial charge is 0.355 e. The Morgan fingerprint density at radius 1 is 0.909 bits per heavy atom. The average Bonchev–Trinajstić information content (AvgIpc) is 2.84. The number of nitrogens with one attached hydrogen (secondary N) is 1. The van der Waals surface area contributed by atoms with Crippen molar-refractivity contribution in [1.82, 2.24) is 10.2 Å². The molecule has 0 bridgehead atoms. The van der Waals surface area contributed by atoms with Gasteiger partial charge in [0.05, 0.1) is 5.75 Å². The van der Waals surface area contributed by atoms with Crippen LogP contribution in [-0.2, 0) is 28.3 Å². The van der Waals surface area contributed by atoms with Gasteiger partial charge in [-0.3, -0.25) is 9.59 Å². The molecule has 0 aliphatic rings. The van der Waals surface area contributed by atoms with Gasteiger partial charge in [0, 0.05) is 30.3 Å². The summed E-state index contributed by atoms with van der Waals surface area (Å²) >= 11 is 7.97. The molecule has 0 aliphatic heterocycles. The average molecular weight is 481 g/mol. The molecule has 6 heteroatoms. The molecule has 172 valence electrons. The second-order valence-corrected chi connectivity index (χ2v) is 9.08. The lowest BCUT2D eigenvalue weighted by molar-refractivity contribution is -0.139. The van der Waals surface area contributed by atoms with Crippen LogP contribution in [0.1, 0.15) is 23.6 Å². The molecule has 0 saturated carbocycles. The Balaban J connectivity index is 1.84. The third-order valence-electron chi connectivity index (χ3n) is 5.26. The molecule has 0 saturated heterocycles. The molecule has 0 fully saturated rings. The fourth-order valence-corrected chi connectivity index (χ4v) is 4.64. The summed E-state index contributed by atoms with van der Waals surface area (Å²) in [7, 11) is 0. The van der Waals surface area contributed by atoms with Gasteiger partial charge in [0.2, 0.25) is 11.8 Å². The van der Waals surface area contributed by atoms with Crippen molar-refractivity contribution in [3.63, 3.8) is 0 Å². The lowest BCUT2D eigenvalue weighted by Gasteiger charge is -2.31. The van der Waals surface area contributed by atoms with Crippen LogP contribution in [0.15, 0.2) is 84.9 Å². The van der Waals surface area contributed by atoms with Gasteiger partial charge in [0.25, 0.3) is 0 Å². The number of rotatable bonds is 11. The molecule has 0 aliphatic carbocycles. The maximum atomic E-state index is 13.5. The molecule has 3 aromatic carbocycles. The molecule has 33 heavy (non-hydrogen) atoms. The lowest BCUT2D eigenvalue weighted by Crippen LogP contribution is -2.51. The molecule has 4 nitrogen and oxygen atoms in total. The van der Waals surface area contributed by atoms with E-state index in [4.69, 9.17) is 11.6 Å². The van der Waals surface area contributed by atoms with Gasteiger partial charge in [-0.1, -0.05) is 90.5 Å². The van der Waals surface area contributed by atoms with E-state index in [1.807, 2.05) is 91.9 Å². The van der Waals surface area contributed by atoms with Gasteiger partial charge >= 0.3 is 0 Å². The second kappa shape index (κ2) is 13.1. The molecular weight excluding hydrogens is 452 g/mol. The number of likely N-dealkylation sites (N-methyl/N-ethyl adjacent to an activating group) is 1. The minimum atomic E-state index is -0.631. The van der Waals surface area contributed by atoms with Gasteiger partial charge in [-0.25, -0.2) is 0 Å². The van der Waals surface area contributed by atoms with E-state index in [1.165, 1.54) is 0 Å². The molecule has 2 amide bonds. The van der Waals surface area contributed by atoms with E-state index in [9.17, 15) is 9.59 Å². The summed E-state index contributed by atoms with van der Waals surface area (Å²) in [5, 5.41) is 3.50. The van der Waals surface area contributed by atoms with E-state index in [-0.39, 0.29) is 24.1 Å². The summed E-state index contributed by atoms with van der Waals surface area (Å²) in [6.45, 7) is 2.66. The Labute approximate surface area is 205 Å². The van der Waals surface area contributed by atoms with Gasteiger partial charge in [-0.2, -0.15) is 0 Å².